The van der Waals surface area contributed by atoms with Crippen molar-refractivity contribution in [1.29, 1.82) is 0 Å². The van der Waals surface area contributed by atoms with Crippen molar-refractivity contribution in [2.24, 2.45) is 7.05 Å². The first-order chi connectivity index (χ1) is 17.6. The minimum Gasteiger partial charge on any atom is -0.382 e. The van der Waals surface area contributed by atoms with Crippen LogP contribution >= 0.6 is 0 Å². The average molecular weight is 506 g/mol. The molecule has 0 spiro atoms. The predicted octanol–water partition coefficient (Wildman–Crippen LogP) is 4.31. The number of fused-ring (bicyclic) bond motifs is 3. The quantitative estimate of drug-likeness (QED) is 0.378. The number of benzene rings is 1. The number of alkyl halides is 3. The molecular formula is C25H21F3N8O. The Hall–Kier alpha value is -4.61. The molecule has 1 aromatic carbocycles. The molecule has 4 heterocycles. The van der Waals surface area contributed by atoms with Crippen LogP contribution in [-0.4, -0.2) is 40.5 Å². The highest BCUT2D eigenvalue weighted by atomic mass is 19.4. The van der Waals surface area contributed by atoms with Gasteiger partial charge in [0, 0.05) is 42.0 Å². The minimum absolute atomic E-state index is 0.0588. The molecule has 0 aliphatic carbocycles. The van der Waals surface area contributed by atoms with E-state index in [2.05, 4.69) is 25.0 Å². The molecule has 5 rings (SSSR count). The van der Waals surface area contributed by atoms with E-state index in [4.69, 9.17) is 5.73 Å². The molecule has 1 amide bonds. The lowest BCUT2D eigenvalue weighted by molar-refractivity contribution is -0.137. The number of carbonyl (C=O) groups is 1. The fourth-order valence-corrected chi connectivity index (χ4v) is 4.18. The molecule has 1 unspecified atom stereocenters. The molecule has 0 aliphatic heterocycles. The van der Waals surface area contributed by atoms with Gasteiger partial charge in [0.05, 0.1) is 35.6 Å². The lowest BCUT2D eigenvalue weighted by Crippen LogP contribution is -2.34. The van der Waals surface area contributed by atoms with Crippen LogP contribution < -0.4 is 5.73 Å². The number of nitrogens with zero attached hydrogens (tertiary/aromatic N) is 7. The van der Waals surface area contributed by atoms with Crippen molar-refractivity contribution in [3.63, 3.8) is 0 Å². The number of amides is 1. The molecule has 9 nitrogen and oxygen atoms in total. The Morgan fingerprint density at radius 1 is 1.08 bits per heavy atom. The van der Waals surface area contributed by atoms with E-state index in [1.165, 1.54) is 11.0 Å². The first-order valence-electron chi connectivity index (χ1n) is 11.2. The summed E-state index contributed by atoms with van der Waals surface area (Å²) in [5.74, 6) is 0.330. The summed E-state index contributed by atoms with van der Waals surface area (Å²) in [6, 6.07) is 8.29. The Bertz CT molecular complexity index is 1600. The Morgan fingerprint density at radius 2 is 1.84 bits per heavy atom. The molecule has 4 aromatic heterocycles. The smallest absolute Gasteiger partial charge is 0.382 e. The summed E-state index contributed by atoms with van der Waals surface area (Å²) in [6.07, 6.45) is 1.03. The summed E-state index contributed by atoms with van der Waals surface area (Å²) in [4.78, 5) is 32.2. The highest BCUT2D eigenvalue weighted by Gasteiger charge is 2.31. The number of aryl methyl sites for hydroxylation is 1. The van der Waals surface area contributed by atoms with E-state index in [9.17, 15) is 18.0 Å². The molecule has 188 valence electrons. The molecule has 0 saturated carbocycles. The van der Waals surface area contributed by atoms with Gasteiger partial charge >= 0.3 is 6.18 Å². The number of hydrogen-bond donors (Lipinski definition) is 1. The number of carbonyl (C=O) groups excluding carboxylic acids is 1. The van der Waals surface area contributed by atoms with Gasteiger partial charge in [0.1, 0.15) is 17.2 Å². The van der Waals surface area contributed by atoms with Gasteiger partial charge in [0.2, 0.25) is 0 Å². The zero-order chi connectivity index (χ0) is 26.3. The minimum atomic E-state index is -4.51. The zero-order valence-corrected chi connectivity index (χ0v) is 19.8. The largest absolute Gasteiger partial charge is 0.417 e. The normalized spacial score (nSPS) is 12.7. The van der Waals surface area contributed by atoms with Gasteiger partial charge in [-0.05, 0) is 43.3 Å². The van der Waals surface area contributed by atoms with Gasteiger partial charge in [0.25, 0.3) is 5.91 Å². The number of hydrogen-bond acceptors (Lipinski definition) is 7. The lowest BCUT2D eigenvalue weighted by atomic mass is 10.1. The van der Waals surface area contributed by atoms with Gasteiger partial charge in [-0.2, -0.15) is 18.3 Å². The summed E-state index contributed by atoms with van der Waals surface area (Å²) >= 11 is 0. The van der Waals surface area contributed by atoms with Crippen LogP contribution in [0.1, 0.15) is 40.4 Å². The van der Waals surface area contributed by atoms with E-state index in [0.29, 0.717) is 33.6 Å². The van der Waals surface area contributed by atoms with Gasteiger partial charge in [0.15, 0.2) is 0 Å². The first-order valence-corrected chi connectivity index (χ1v) is 11.2. The first kappa shape index (κ1) is 24.1. The average Bonchev–Trinajstić information content (AvgIpc) is 3.29. The summed E-state index contributed by atoms with van der Waals surface area (Å²) < 4.78 is 40.6. The Morgan fingerprint density at radius 3 is 2.51 bits per heavy atom. The molecule has 0 fully saturated rings. The van der Waals surface area contributed by atoms with Crippen LogP contribution in [0.4, 0.5) is 19.0 Å². The number of nitrogen functional groups attached to an aromatic ring is 1. The molecule has 0 aliphatic rings. The van der Waals surface area contributed by atoms with E-state index < -0.39 is 17.8 Å². The lowest BCUT2D eigenvalue weighted by Gasteiger charge is -2.28. The third kappa shape index (κ3) is 4.53. The summed E-state index contributed by atoms with van der Waals surface area (Å²) in [5, 5.41) is 5.70. The monoisotopic (exact) mass is 506 g/mol. The van der Waals surface area contributed by atoms with E-state index in [1.807, 2.05) is 0 Å². The Labute approximate surface area is 208 Å². The molecule has 0 bridgehead atoms. The number of pyridine rings is 2. The number of aromatic nitrogens is 6. The number of nitrogens with two attached hydrogens (primary N) is 1. The van der Waals surface area contributed by atoms with Crippen molar-refractivity contribution in [2.75, 3.05) is 5.73 Å². The molecule has 1 atom stereocenters. The van der Waals surface area contributed by atoms with Crippen LogP contribution in [0.3, 0.4) is 0 Å². The Balaban J connectivity index is 1.56. The fraction of sp³-hybridized carbons (Fsp3) is 0.200. The molecule has 12 heteroatoms. The van der Waals surface area contributed by atoms with Crippen molar-refractivity contribution in [3.05, 3.63) is 83.8 Å². The second kappa shape index (κ2) is 9.12. The maximum absolute atomic E-state index is 13.8. The van der Waals surface area contributed by atoms with Crippen LogP contribution in [0.5, 0.6) is 0 Å². The van der Waals surface area contributed by atoms with E-state index in [-0.39, 0.29) is 18.1 Å². The molecular weight excluding hydrogens is 485 g/mol. The summed E-state index contributed by atoms with van der Waals surface area (Å²) in [6.45, 7) is 1.69. The third-order valence-corrected chi connectivity index (χ3v) is 6.13. The molecule has 0 saturated heterocycles. The van der Waals surface area contributed by atoms with Gasteiger partial charge in [-0.15, -0.1) is 0 Å². The standard InChI is InChI=1S/C25H21F3N8O/c1-14(23-30-8-3-9-31-23)36(13-17-6-5-16(11-32-17)25(26,27)28)24(37)15-4-7-20-18(10-15)19-12-33-35(2)21(19)22(29)34-20/h3-12,14H,13H2,1-2H3,(H2,29,34). The second-order valence-corrected chi connectivity index (χ2v) is 8.51. The van der Waals surface area contributed by atoms with Crippen molar-refractivity contribution < 1.29 is 18.0 Å². The van der Waals surface area contributed by atoms with Crippen molar-refractivity contribution in [1.82, 2.24) is 34.6 Å². The van der Waals surface area contributed by atoms with Crippen LogP contribution in [0.15, 0.2) is 61.2 Å². The van der Waals surface area contributed by atoms with Crippen LogP contribution in [0.2, 0.25) is 0 Å². The molecule has 2 N–H and O–H groups in total. The van der Waals surface area contributed by atoms with Gasteiger partial charge in [-0.1, -0.05) is 0 Å². The SMILES string of the molecule is CC(c1ncccn1)N(Cc1ccc(C(F)(F)F)cn1)C(=O)c1ccc2nc(N)c3c(cnn3C)c2c1. The second-order valence-electron chi connectivity index (χ2n) is 8.51. The number of anilines is 1. The molecule has 37 heavy (non-hydrogen) atoms. The van der Waals surface area contributed by atoms with Crippen LogP contribution in [0.25, 0.3) is 21.8 Å². The Kier molecular flexibility index (Phi) is 5.94. The molecule has 0 radical (unpaired) electrons. The van der Waals surface area contributed by atoms with Gasteiger partial charge in [-0.25, -0.2) is 15.0 Å². The molecule has 5 aromatic rings. The summed E-state index contributed by atoms with van der Waals surface area (Å²) in [7, 11) is 1.75. The van der Waals surface area contributed by atoms with Crippen molar-refractivity contribution in [2.45, 2.75) is 25.7 Å². The topological polar surface area (TPSA) is 116 Å². The number of halogens is 3. The van der Waals surface area contributed by atoms with Gasteiger partial charge in [-0.3, -0.25) is 14.5 Å². The maximum atomic E-state index is 13.8. The van der Waals surface area contributed by atoms with E-state index in [0.717, 1.165) is 17.6 Å². The highest BCUT2D eigenvalue weighted by molar-refractivity contribution is 6.10. The number of rotatable bonds is 5. The highest BCUT2D eigenvalue weighted by Crippen LogP contribution is 2.31. The van der Waals surface area contributed by atoms with Crippen molar-refractivity contribution in [3.8, 4) is 0 Å². The van der Waals surface area contributed by atoms with E-state index in [1.54, 1.807) is 61.5 Å². The third-order valence-electron chi connectivity index (χ3n) is 6.13. The van der Waals surface area contributed by atoms with Gasteiger partial charge < -0.3 is 10.6 Å². The maximum Gasteiger partial charge on any atom is 0.417 e. The van der Waals surface area contributed by atoms with Crippen LogP contribution in [-0.2, 0) is 19.8 Å². The fourth-order valence-electron chi connectivity index (χ4n) is 4.18. The zero-order valence-electron chi connectivity index (χ0n) is 19.8. The van der Waals surface area contributed by atoms with E-state index >= 15 is 0 Å². The van der Waals surface area contributed by atoms with Crippen LogP contribution in [0, 0.1) is 0 Å². The van der Waals surface area contributed by atoms with Crippen molar-refractivity contribution >= 4 is 33.5 Å². The summed E-state index contributed by atoms with van der Waals surface area (Å²) in [5.41, 5.74) is 7.12. The predicted molar refractivity (Wildman–Crippen MR) is 130 cm³/mol.